The van der Waals surface area contributed by atoms with Crippen molar-refractivity contribution in [2.24, 2.45) is 16.7 Å². The molecule has 2 aliphatic carbocycles. The standard InChI is InChI=1S/C21H38NO3.HI/c1-16(23)25-18(14-22(5)11-7-6-8-12-22)15-24-19-13-17-9-10-21(19,4)20(17,2)3;/h17-19H,6-15H2,1-5H3;1H/q+1;/p-1/t17-,18?,19?,21+;/m0./s1. The summed E-state index contributed by atoms with van der Waals surface area (Å²) in [6.07, 6.45) is 7.86. The largest absolute Gasteiger partial charge is 1.00 e. The lowest BCUT2D eigenvalue weighted by molar-refractivity contribution is -0.916. The molecule has 0 amide bonds. The van der Waals surface area contributed by atoms with Crippen molar-refractivity contribution in [3.8, 4) is 0 Å². The number of hydrogen-bond acceptors (Lipinski definition) is 3. The van der Waals surface area contributed by atoms with Gasteiger partial charge in [0.2, 0.25) is 0 Å². The number of carbonyl (C=O) groups excluding carboxylic acids is 1. The molecule has 3 rings (SSSR count). The minimum atomic E-state index is -0.184. The van der Waals surface area contributed by atoms with Crippen molar-refractivity contribution >= 4 is 5.97 Å². The fourth-order valence-corrected chi connectivity index (χ4v) is 5.91. The number of nitrogens with zero attached hydrogens (tertiary/aromatic N) is 1. The van der Waals surface area contributed by atoms with Crippen molar-refractivity contribution in [3.05, 3.63) is 0 Å². The van der Waals surface area contributed by atoms with Gasteiger partial charge in [0.1, 0.15) is 6.54 Å². The second kappa shape index (κ2) is 8.24. The maximum absolute atomic E-state index is 11.6. The van der Waals surface area contributed by atoms with Gasteiger partial charge in [0.05, 0.1) is 32.8 Å². The molecular formula is C21H38INO3. The summed E-state index contributed by atoms with van der Waals surface area (Å²) >= 11 is 0. The Kier molecular flexibility index (Phi) is 7.10. The molecule has 0 aromatic heterocycles. The van der Waals surface area contributed by atoms with Crippen LogP contribution in [0.1, 0.15) is 66.2 Å². The third kappa shape index (κ3) is 4.24. The van der Waals surface area contributed by atoms with Crippen LogP contribution in [0.3, 0.4) is 0 Å². The lowest BCUT2D eigenvalue weighted by Gasteiger charge is -2.41. The van der Waals surface area contributed by atoms with Crippen molar-refractivity contribution in [3.63, 3.8) is 0 Å². The number of likely N-dealkylation sites (tertiary alicyclic amines) is 1. The van der Waals surface area contributed by atoms with Crippen molar-refractivity contribution in [1.29, 1.82) is 0 Å². The van der Waals surface area contributed by atoms with Gasteiger partial charge in [0, 0.05) is 6.92 Å². The van der Waals surface area contributed by atoms with Crippen molar-refractivity contribution < 1.29 is 42.7 Å². The predicted octanol–water partition coefficient (Wildman–Crippen LogP) is 0.784. The Hall–Kier alpha value is 0.120. The molecule has 0 aromatic rings. The van der Waals surface area contributed by atoms with E-state index in [1.165, 1.54) is 58.5 Å². The van der Waals surface area contributed by atoms with Gasteiger partial charge in [-0.3, -0.25) is 4.79 Å². The molecule has 3 fully saturated rings. The first-order valence-corrected chi connectivity index (χ1v) is 10.3. The number of hydrogen-bond donors (Lipinski definition) is 0. The summed E-state index contributed by atoms with van der Waals surface area (Å²) in [6.45, 7) is 12.6. The van der Waals surface area contributed by atoms with Gasteiger partial charge < -0.3 is 37.9 Å². The number of rotatable bonds is 6. The van der Waals surface area contributed by atoms with Gasteiger partial charge >= 0.3 is 5.97 Å². The van der Waals surface area contributed by atoms with E-state index in [1.807, 2.05) is 0 Å². The van der Waals surface area contributed by atoms with Crippen molar-refractivity contribution in [2.75, 3.05) is 33.3 Å². The van der Waals surface area contributed by atoms with Crippen LogP contribution in [-0.2, 0) is 14.3 Å². The molecule has 3 aliphatic rings. The third-order valence-electron chi connectivity index (χ3n) is 8.07. The van der Waals surface area contributed by atoms with Crippen LogP contribution >= 0.6 is 0 Å². The zero-order chi connectivity index (χ0) is 18.3. The average Bonchev–Trinajstić information content (AvgIpc) is 2.85. The number of esters is 1. The first-order chi connectivity index (χ1) is 11.7. The van der Waals surface area contributed by atoms with Crippen LogP contribution in [0.25, 0.3) is 0 Å². The molecule has 1 aliphatic heterocycles. The minimum Gasteiger partial charge on any atom is -1.00 e. The number of piperidine rings is 1. The summed E-state index contributed by atoms with van der Waals surface area (Å²) in [5.41, 5.74) is 0.627. The fourth-order valence-electron chi connectivity index (χ4n) is 5.91. The van der Waals surface area contributed by atoms with Gasteiger partial charge in [-0.1, -0.05) is 20.8 Å². The molecule has 2 saturated carbocycles. The molecule has 0 N–H and O–H groups in total. The van der Waals surface area contributed by atoms with E-state index < -0.39 is 0 Å². The molecule has 0 radical (unpaired) electrons. The Morgan fingerprint density at radius 1 is 1.19 bits per heavy atom. The number of ether oxygens (including phenoxy) is 2. The molecule has 4 atom stereocenters. The normalized spacial score (nSPS) is 35.6. The zero-order valence-electron chi connectivity index (χ0n) is 17.4. The summed E-state index contributed by atoms with van der Waals surface area (Å²) in [4.78, 5) is 11.6. The van der Waals surface area contributed by atoms with E-state index in [2.05, 4.69) is 27.8 Å². The molecule has 2 unspecified atom stereocenters. The van der Waals surface area contributed by atoms with Crippen LogP contribution in [0.2, 0.25) is 0 Å². The highest BCUT2D eigenvalue weighted by Gasteiger charge is 2.62. The molecule has 5 heteroatoms. The Balaban J connectivity index is 0.00000243. The van der Waals surface area contributed by atoms with Gasteiger partial charge in [-0.05, 0) is 55.3 Å². The summed E-state index contributed by atoms with van der Waals surface area (Å²) in [5.74, 6) is 0.595. The van der Waals surface area contributed by atoms with E-state index in [0.717, 1.165) is 16.9 Å². The Morgan fingerprint density at radius 3 is 2.35 bits per heavy atom. The molecule has 0 aromatic carbocycles. The van der Waals surface area contributed by atoms with Crippen LogP contribution in [0, 0.1) is 16.7 Å². The van der Waals surface area contributed by atoms with Crippen molar-refractivity contribution in [1.82, 2.24) is 0 Å². The quantitative estimate of drug-likeness (QED) is 0.321. The van der Waals surface area contributed by atoms with E-state index in [4.69, 9.17) is 9.47 Å². The highest BCUT2D eigenvalue weighted by Crippen LogP contribution is 2.66. The smallest absolute Gasteiger partial charge is 0.303 e. The molecule has 0 spiro atoms. The Morgan fingerprint density at radius 2 is 1.85 bits per heavy atom. The number of fused-ring (bicyclic) bond motifs is 2. The van der Waals surface area contributed by atoms with Crippen molar-refractivity contribution in [2.45, 2.75) is 78.4 Å². The van der Waals surface area contributed by atoms with Gasteiger partial charge in [0.25, 0.3) is 0 Å². The highest BCUT2D eigenvalue weighted by molar-refractivity contribution is 5.66. The maximum atomic E-state index is 11.6. The molecule has 26 heavy (non-hydrogen) atoms. The lowest BCUT2D eigenvalue weighted by Crippen LogP contribution is -3.00. The average molecular weight is 479 g/mol. The SMILES string of the molecule is CC(=O)OC(COC1C[C@@H]2CC[C@@]1(C)C2(C)C)C[N+]1(C)CCCCC1.[I-]. The van der Waals surface area contributed by atoms with Crippen LogP contribution in [0.4, 0.5) is 0 Å². The van der Waals surface area contributed by atoms with Gasteiger partial charge in [-0.2, -0.15) is 0 Å². The summed E-state index contributed by atoms with van der Waals surface area (Å²) in [6, 6.07) is 0. The summed E-state index contributed by atoms with van der Waals surface area (Å²) in [7, 11) is 2.30. The first kappa shape index (κ1) is 22.4. The summed E-state index contributed by atoms with van der Waals surface area (Å²) in [5, 5.41) is 0. The monoisotopic (exact) mass is 479 g/mol. The number of quaternary nitrogens is 1. The fraction of sp³-hybridized carbons (Fsp3) is 0.952. The highest BCUT2D eigenvalue weighted by atomic mass is 127. The molecule has 4 nitrogen and oxygen atoms in total. The Labute approximate surface area is 177 Å². The lowest BCUT2D eigenvalue weighted by atomic mass is 9.70. The molecule has 1 heterocycles. The molecule has 1 saturated heterocycles. The van der Waals surface area contributed by atoms with E-state index in [0.29, 0.717) is 18.1 Å². The second-order valence-electron chi connectivity index (χ2n) is 9.97. The Bertz CT molecular complexity index is 503. The second-order valence-corrected chi connectivity index (χ2v) is 9.97. The molecule has 152 valence electrons. The van der Waals surface area contributed by atoms with Gasteiger partial charge in [-0.15, -0.1) is 0 Å². The maximum Gasteiger partial charge on any atom is 0.303 e. The van der Waals surface area contributed by atoms with Crippen LogP contribution in [0.15, 0.2) is 0 Å². The zero-order valence-corrected chi connectivity index (χ0v) is 19.5. The van der Waals surface area contributed by atoms with E-state index in [-0.39, 0.29) is 41.5 Å². The van der Waals surface area contributed by atoms with Crippen LogP contribution in [0.5, 0.6) is 0 Å². The number of likely N-dealkylation sites (N-methyl/N-ethyl adjacent to an activating group) is 1. The van der Waals surface area contributed by atoms with E-state index in [1.54, 1.807) is 0 Å². The summed E-state index contributed by atoms with van der Waals surface area (Å²) < 4.78 is 13.1. The van der Waals surface area contributed by atoms with Crippen LogP contribution < -0.4 is 24.0 Å². The van der Waals surface area contributed by atoms with E-state index in [9.17, 15) is 4.79 Å². The van der Waals surface area contributed by atoms with E-state index >= 15 is 0 Å². The topological polar surface area (TPSA) is 35.5 Å². The molecule has 2 bridgehead atoms. The number of carbonyl (C=O) groups is 1. The minimum absolute atomic E-state index is 0. The first-order valence-electron chi connectivity index (χ1n) is 10.3. The third-order valence-corrected chi connectivity index (χ3v) is 8.07. The van der Waals surface area contributed by atoms with Gasteiger partial charge in [0.15, 0.2) is 6.10 Å². The molecular weight excluding hydrogens is 441 g/mol. The van der Waals surface area contributed by atoms with Gasteiger partial charge in [-0.25, -0.2) is 0 Å². The van der Waals surface area contributed by atoms with Crippen LogP contribution in [-0.4, -0.2) is 55.9 Å². The number of halogens is 1. The predicted molar refractivity (Wildman–Crippen MR) is 99.2 cm³/mol.